The Morgan fingerprint density at radius 3 is 2.62 bits per heavy atom. The van der Waals surface area contributed by atoms with Gasteiger partial charge in [-0.2, -0.15) is 0 Å². The molecule has 3 rings (SSSR count). The zero-order chi connectivity index (χ0) is 22.8. The summed E-state index contributed by atoms with van der Waals surface area (Å²) < 4.78 is 16.2. The second-order valence-electron chi connectivity index (χ2n) is 6.81. The Bertz CT molecular complexity index is 1050. The van der Waals surface area contributed by atoms with Crippen molar-refractivity contribution < 1.29 is 18.7 Å². The summed E-state index contributed by atoms with van der Waals surface area (Å²) >= 11 is 0. The average Bonchev–Trinajstić information content (AvgIpc) is 3.34. The number of methoxy groups -OCH3 is 1. The van der Waals surface area contributed by atoms with Crippen molar-refractivity contribution >= 4 is 17.6 Å². The van der Waals surface area contributed by atoms with Gasteiger partial charge in [0.25, 0.3) is 5.91 Å². The van der Waals surface area contributed by atoms with Crippen LogP contribution in [0.15, 0.2) is 70.3 Å². The van der Waals surface area contributed by atoms with E-state index in [-0.39, 0.29) is 5.91 Å². The molecule has 3 N–H and O–H groups in total. The highest BCUT2D eigenvalue weighted by atomic mass is 16.5. The van der Waals surface area contributed by atoms with Gasteiger partial charge in [0.2, 0.25) is 0 Å². The lowest BCUT2D eigenvalue weighted by Crippen LogP contribution is -2.30. The Kier molecular flexibility index (Phi) is 8.14. The summed E-state index contributed by atoms with van der Waals surface area (Å²) in [5, 5.41) is 9.34. The zero-order valence-corrected chi connectivity index (χ0v) is 18.5. The molecule has 0 aliphatic heterocycles. The first-order chi connectivity index (χ1) is 15.6. The molecule has 0 saturated carbocycles. The fourth-order valence-electron chi connectivity index (χ4n) is 3.03. The summed E-state index contributed by atoms with van der Waals surface area (Å²) in [5.41, 5.74) is 2.34. The van der Waals surface area contributed by atoms with Crippen LogP contribution in [0.1, 0.15) is 28.6 Å². The van der Waals surface area contributed by atoms with E-state index in [0.717, 1.165) is 11.3 Å². The third kappa shape index (κ3) is 6.28. The minimum atomic E-state index is -0.160. The van der Waals surface area contributed by atoms with Gasteiger partial charge in [-0.1, -0.05) is 12.1 Å². The predicted molar refractivity (Wildman–Crippen MR) is 124 cm³/mol. The summed E-state index contributed by atoms with van der Waals surface area (Å²) in [6.07, 6.45) is 1.58. The van der Waals surface area contributed by atoms with Gasteiger partial charge in [0.1, 0.15) is 5.76 Å². The maximum absolute atomic E-state index is 12.4. The van der Waals surface area contributed by atoms with Gasteiger partial charge in [0.05, 0.1) is 26.5 Å². The lowest BCUT2D eigenvalue weighted by atomic mass is 10.1. The van der Waals surface area contributed by atoms with Crippen LogP contribution in [0.25, 0.3) is 0 Å². The van der Waals surface area contributed by atoms with Gasteiger partial charge < -0.3 is 29.8 Å². The number of furan rings is 1. The first-order valence-corrected chi connectivity index (χ1v) is 10.3. The SMILES string of the molecule is CCOc1cc(NC(=NC)NCc2cccc(C(=O)NCc3ccco3)c2)ccc1OC. The van der Waals surface area contributed by atoms with Gasteiger partial charge >= 0.3 is 0 Å². The number of anilines is 1. The van der Waals surface area contributed by atoms with E-state index in [2.05, 4.69) is 20.9 Å². The second-order valence-corrected chi connectivity index (χ2v) is 6.81. The van der Waals surface area contributed by atoms with Crippen LogP contribution in [-0.2, 0) is 13.1 Å². The Labute approximate surface area is 187 Å². The number of hydrogen-bond donors (Lipinski definition) is 3. The Morgan fingerprint density at radius 2 is 1.91 bits per heavy atom. The molecule has 0 spiro atoms. The fourth-order valence-corrected chi connectivity index (χ4v) is 3.03. The van der Waals surface area contributed by atoms with Crippen molar-refractivity contribution in [3.63, 3.8) is 0 Å². The number of hydrogen-bond acceptors (Lipinski definition) is 5. The van der Waals surface area contributed by atoms with Crippen LogP contribution in [-0.4, -0.2) is 32.6 Å². The number of carbonyl (C=O) groups is 1. The molecule has 2 aromatic carbocycles. The highest BCUT2D eigenvalue weighted by Gasteiger charge is 2.09. The first kappa shape index (κ1) is 22.7. The van der Waals surface area contributed by atoms with Crippen molar-refractivity contribution in [3.05, 3.63) is 77.7 Å². The molecule has 1 aromatic heterocycles. The lowest BCUT2D eigenvalue weighted by molar-refractivity contribution is 0.0948. The number of nitrogens with one attached hydrogen (secondary N) is 3. The highest BCUT2D eigenvalue weighted by Crippen LogP contribution is 2.30. The van der Waals surface area contributed by atoms with Crippen molar-refractivity contribution in [2.45, 2.75) is 20.0 Å². The number of benzene rings is 2. The quantitative estimate of drug-likeness (QED) is 0.349. The van der Waals surface area contributed by atoms with Crippen molar-refractivity contribution in [1.82, 2.24) is 10.6 Å². The molecule has 0 atom stereocenters. The second kappa shape index (κ2) is 11.5. The number of nitrogens with zero attached hydrogens (tertiary/aromatic N) is 1. The van der Waals surface area contributed by atoms with Crippen LogP contribution in [0, 0.1) is 0 Å². The van der Waals surface area contributed by atoms with Gasteiger partial charge in [-0.25, -0.2) is 0 Å². The van der Waals surface area contributed by atoms with Gasteiger partial charge in [-0.15, -0.1) is 0 Å². The summed E-state index contributed by atoms with van der Waals surface area (Å²) in [4.78, 5) is 16.7. The molecule has 0 aliphatic carbocycles. The molecule has 0 aliphatic rings. The molecule has 32 heavy (non-hydrogen) atoms. The smallest absolute Gasteiger partial charge is 0.251 e. The summed E-state index contributed by atoms with van der Waals surface area (Å²) in [6, 6.07) is 16.6. The molecule has 168 valence electrons. The topological polar surface area (TPSA) is 97.1 Å². The number of ether oxygens (including phenoxy) is 2. The minimum absolute atomic E-state index is 0.160. The first-order valence-electron chi connectivity index (χ1n) is 10.3. The van der Waals surface area contributed by atoms with Gasteiger partial charge in [0, 0.05) is 30.9 Å². The molecule has 8 heteroatoms. The zero-order valence-electron chi connectivity index (χ0n) is 18.5. The molecule has 0 unspecified atom stereocenters. The van der Waals surface area contributed by atoms with Crippen molar-refractivity contribution in [3.8, 4) is 11.5 Å². The fraction of sp³-hybridized carbons (Fsp3) is 0.250. The van der Waals surface area contributed by atoms with Crippen molar-refractivity contribution in [1.29, 1.82) is 0 Å². The highest BCUT2D eigenvalue weighted by molar-refractivity contribution is 5.95. The monoisotopic (exact) mass is 436 g/mol. The lowest BCUT2D eigenvalue weighted by Gasteiger charge is -2.15. The average molecular weight is 437 g/mol. The van der Waals surface area contributed by atoms with Crippen LogP contribution >= 0.6 is 0 Å². The number of aliphatic imine (C=N–C) groups is 1. The summed E-state index contributed by atoms with van der Waals surface area (Å²) in [6.45, 7) is 3.30. The molecule has 0 saturated heterocycles. The number of guanidine groups is 1. The molecule has 3 aromatic rings. The molecule has 0 bridgehead atoms. The Balaban J connectivity index is 1.58. The predicted octanol–water partition coefficient (Wildman–Crippen LogP) is 3.80. The van der Waals surface area contributed by atoms with Crippen LogP contribution in [0.5, 0.6) is 11.5 Å². The third-order valence-corrected chi connectivity index (χ3v) is 4.60. The number of rotatable bonds is 9. The Hall–Kier alpha value is -3.94. The largest absolute Gasteiger partial charge is 0.493 e. The van der Waals surface area contributed by atoms with Crippen molar-refractivity contribution in [2.24, 2.45) is 4.99 Å². The molecular weight excluding hydrogens is 408 g/mol. The number of carbonyl (C=O) groups excluding carboxylic acids is 1. The summed E-state index contributed by atoms with van der Waals surface area (Å²) in [7, 11) is 3.30. The van der Waals surface area contributed by atoms with Crippen LogP contribution in [0.3, 0.4) is 0 Å². The standard InChI is InChI=1S/C24H28N4O4/c1-4-31-22-14-19(10-11-21(22)30-3)28-24(25-2)27-15-17-7-5-8-18(13-17)23(29)26-16-20-9-6-12-32-20/h5-14H,4,15-16H2,1-3H3,(H,26,29)(H2,25,27,28). The Morgan fingerprint density at radius 1 is 1.03 bits per heavy atom. The van der Waals surface area contributed by atoms with E-state index in [1.165, 1.54) is 0 Å². The normalized spacial score (nSPS) is 11.0. The van der Waals surface area contributed by atoms with E-state index in [1.807, 2.05) is 49.4 Å². The summed E-state index contributed by atoms with van der Waals surface area (Å²) in [5.74, 6) is 2.46. The van der Waals surface area contributed by atoms with Gasteiger partial charge in [-0.05, 0) is 48.9 Å². The maximum Gasteiger partial charge on any atom is 0.251 e. The van der Waals surface area contributed by atoms with Gasteiger partial charge in [-0.3, -0.25) is 9.79 Å². The molecule has 8 nitrogen and oxygen atoms in total. The third-order valence-electron chi connectivity index (χ3n) is 4.60. The van der Waals surface area contributed by atoms with E-state index < -0.39 is 0 Å². The van der Waals surface area contributed by atoms with E-state index in [0.29, 0.717) is 48.5 Å². The van der Waals surface area contributed by atoms with E-state index in [9.17, 15) is 4.79 Å². The van der Waals surface area contributed by atoms with Gasteiger partial charge in [0.15, 0.2) is 17.5 Å². The van der Waals surface area contributed by atoms with Crippen LogP contribution in [0.2, 0.25) is 0 Å². The molecular formula is C24H28N4O4. The molecule has 0 radical (unpaired) electrons. The number of amides is 1. The molecule has 1 heterocycles. The minimum Gasteiger partial charge on any atom is -0.493 e. The van der Waals surface area contributed by atoms with E-state index >= 15 is 0 Å². The van der Waals surface area contributed by atoms with Crippen LogP contribution < -0.4 is 25.4 Å². The van der Waals surface area contributed by atoms with E-state index in [1.54, 1.807) is 32.6 Å². The maximum atomic E-state index is 12.4. The molecule has 0 fully saturated rings. The van der Waals surface area contributed by atoms with E-state index in [4.69, 9.17) is 13.9 Å². The molecule has 1 amide bonds. The van der Waals surface area contributed by atoms with Crippen LogP contribution in [0.4, 0.5) is 5.69 Å². The van der Waals surface area contributed by atoms with Crippen molar-refractivity contribution in [2.75, 3.05) is 26.1 Å².